The number of amides is 4. The Morgan fingerprint density at radius 1 is 1.03 bits per heavy atom. The van der Waals surface area contributed by atoms with Crippen LogP contribution in [-0.4, -0.2) is 73.6 Å². The molecular weight excluding hydrogens is 484 g/mol. The van der Waals surface area contributed by atoms with Gasteiger partial charge in [0, 0.05) is 57.0 Å². The van der Waals surface area contributed by atoms with Gasteiger partial charge in [-0.05, 0) is 49.9 Å². The molecule has 2 N–H and O–H groups in total. The van der Waals surface area contributed by atoms with Crippen molar-refractivity contribution in [2.75, 3.05) is 44.5 Å². The molecule has 204 valence electrons. The van der Waals surface area contributed by atoms with Gasteiger partial charge in [-0.3, -0.25) is 9.59 Å². The molecule has 0 unspecified atom stereocenters. The van der Waals surface area contributed by atoms with E-state index < -0.39 is 6.03 Å². The number of hydrogen-bond acceptors (Lipinski definition) is 5. The number of anilines is 2. The molecular formula is C29H38N4O5. The van der Waals surface area contributed by atoms with Crippen molar-refractivity contribution >= 4 is 29.2 Å². The maximum Gasteiger partial charge on any atom is 0.323 e. The van der Waals surface area contributed by atoms with Gasteiger partial charge in [-0.25, -0.2) is 4.79 Å². The van der Waals surface area contributed by atoms with Gasteiger partial charge in [0.2, 0.25) is 5.91 Å². The minimum atomic E-state index is -0.408. The van der Waals surface area contributed by atoms with Gasteiger partial charge in [-0.15, -0.1) is 0 Å². The molecule has 0 spiro atoms. The predicted molar refractivity (Wildman–Crippen MR) is 146 cm³/mol. The number of nitrogens with zero attached hydrogens (tertiary/aromatic N) is 2. The first kappa shape index (κ1) is 27.4. The van der Waals surface area contributed by atoms with Gasteiger partial charge in [0.25, 0.3) is 5.91 Å². The summed E-state index contributed by atoms with van der Waals surface area (Å²) in [6, 6.07) is 13.5. The highest BCUT2D eigenvalue weighted by Gasteiger charge is 2.33. The Hall–Kier alpha value is -3.59. The van der Waals surface area contributed by atoms with Crippen molar-refractivity contribution in [3.8, 4) is 5.75 Å². The highest BCUT2D eigenvalue weighted by atomic mass is 16.5. The third-order valence-corrected chi connectivity index (χ3v) is 7.22. The lowest BCUT2D eigenvalue weighted by Gasteiger charge is -2.36. The number of benzene rings is 2. The van der Waals surface area contributed by atoms with Crippen LogP contribution >= 0.6 is 0 Å². The first-order valence-electron chi connectivity index (χ1n) is 13.2. The van der Waals surface area contributed by atoms with Crippen molar-refractivity contribution in [2.24, 2.45) is 11.8 Å². The predicted octanol–water partition coefficient (Wildman–Crippen LogP) is 4.46. The monoisotopic (exact) mass is 522 g/mol. The number of ether oxygens (including phenoxy) is 2. The summed E-state index contributed by atoms with van der Waals surface area (Å²) in [5.41, 5.74) is 1.53. The number of nitrogens with one attached hydrogen (secondary N) is 2. The quantitative estimate of drug-likeness (QED) is 0.604. The Bertz CT molecular complexity index is 1140. The number of carbonyl (C=O) groups is 3. The van der Waals surface area contributed by atoms with E-state index in [0.717, 1.165) is 12.8 Å². The zero-order valence-corrected chi connectivity index (χ0v) is 22.6. The Kier molecular flexibility index (Phi) is 8.89. The Labute approximate surface area is 224 Å². The summed E-state index contributed by atoms with van der Waals surface area (Å²) in [7, 11) is 3.37. The average Bonchev–Trinajstić information content (AvgIpc) is 3.72. The van der Waals surface area contributed by atoms with Gasteiger partial charge >= 0.3 is 6.03 Å². The molecule has 1 aliphatic heterocycles. The molecule has 3 atom stereocenters. The van der Waals surface area contributed by atoms with Crippen molar-refractivity contribution in [1.82, 2.24) is 9.80 Å². The zero-order chi connectivity index (χ0) is 27.2. The van der Waals surface area contributed by atoms with Crippen molar-refractivity contribution in [2.45, 2.75) is 45.3 Å². The Morgan fingerprint density at radius 2 is 1.74 bits per heavy atom. The van der Waals surface area contributed by atoms with Crippen LogP contribution in [0.1, 0.15) is 43.5 Å². The lowest BCUT2D eigenvalue weighted by atomic mass is 10.0. The van der Waals surface area contributed by atoms with Crippen molar-refractivity contribution in [3.05, 3.63) is 54.1 Å². The molecule has 1 fully saturated rings. The number of likely N-dealkylation sites (N-methyl/N-ethyl adjacent to an activating group) is 1. The average molecular weight is 523 g/mol. The number of urea groups is 1. The molecule has 38 heavy (non-hydrogen) atoms. The summed E-state index contributed by atoms with van der Waals surface area (Å²) in [6.07, 6.45) is 2.52. The first-order chi connectivity index (χ1) is 18.2. The van der Waals surface area contributed by atoms with Crippen molar-refractivity contribution in [1.29, 1.82) is 0 Å². The number of fused-ring (bicyclic) bond motifs is 1. The topological polar surface area (TPSA) is 100 Å². The molecule has 1 saturated carbocycles. The number of carbonyl (C=O) groups excluding carboxylic acids is 3. The maximum atomic E-state index is 13.4. The molecule has 0 saturated heterocycles. The van der Waals surface area contributed by atoms with E-state index in [2.05, 4.69) is 17.6 Å². The molecule has 9 nitrogen and oxygen atoms in total. The molecule has 1 heterocycles. The summed E-state index contributed by atoms with van der Waals surface area (Å²) in [4.78, 5) is 42.7. The summed E-state index contributed by atoms with van der Waals surface area (Å²) < 4.78 is 11.9. The number of methoxy groups -OCH3 is 1. The largest absolute Gasteiger partial charge is 0.491 e. The van der Waals surface area contributed by atoms with Crippen LogP contribution in [0, 0.1) is 11.8 Å². The van der Waals surface area contributed by atoms with E-state index >= 15 is 0 Å². The fraction of sp³-hybridized carbons (Fsp3) is 0.483. The smallest absolute Gasteiger partial charge is 0.323 e. The Morgan fingerprint density at radius 3 is 2.42 bits per heavy atom. The van der Waals surface area contributed by atoms with E-state index in [1.807, 2.05) is 30.0 Å². The Balaban J connectivity index is 1.58. The second kappa shape index (κ2) is 12.3. The van der Waals surface area contributed by atoms with Gasteiger partial charge in [-0.1, -0.05) is 25.1 Å². The minimum Gasteiger partial charge on any atom is -0.491 e. The molecule has 1 aliphatic carbocycles. The van der Waals surface area contributed by atoms with Crippen LogP contribution in [0.3, 0.4) is 0 Å². The van der Waals surface area contributed by atoms with Crippen LogP contribution in [0.2, 0.25) is 0 Å². The molecule has 9 heteroatoms. The van der Waals surface area contributed by atoms with Crippen LogP contribution in [0.15, 0.2) is 48.5 Å². The standard InChI is InChI=1S/C29H38N4O5/c1-19-16-33(27(34)14-21-10-11-21)20(2)18-38-25-15-23(31-29(36)30-22-8-6-5-7-9-22)12-13-24(25)28(35)32(3)17-26(19)37-4/h5-9,12-13,15,19-21,26H,10-11,14,16-18H2,1-4H3,(H2,30,31,36)/t19-,20-,26+/m0/s1. The van der Waals surface area contributed by atoms with E-state index in [1.165, 1.54) is 0 Å². The van der Waals surface area contributed by atoms with Crippen LogP contribution in [-0.2, 0) is 9.53 Å². The van der Waals surface area contributed by atoms with Crippen molar-refractivity contribution in [3.63, 3.8) is 0 Å². The first-order valence-corrected chi connectivity index (χ1v) is 13.2. The second-order valence-corrected chi connectivity index (χ2v) is 10.4. The van der Waals surface area contributed by atoms with Crippen LogP contribution < -0.4 is 15.4 Å². The summed E-state index contributed by atoms with van der Waals surface area (Å²) in [5.74, 6) is 0.771. The van der Waals surface area contributed by atoms with Gasteiger partial charge in [0.15, 0.2) is 0 Å². The molecule has 2 aliphatic rings. The molecule has 2 aromatic carbocycles. The molecule has 2 aromatic rings. The summed E-state index contributed by atoms with van der Waals surface area (Å²) in [5, 5.41) is 5.58. The summed E-state index contributed by atoms with van der Waals surface area (Å²) in [6.45, 7) is 5.12. The molecule has 4 rings (SSSR count). The highest BCUT2D eigenvalue weighted by Crippen LogP contribution is 2.33. The third kappa shape index (κ3) is 7.04. The van der Waals surface area contributed by atoms with E-state index in [9.17, 15) is 14.4 Å². The lowest BCUT2D eigenvalue weighted by Crippen LogP contribution is -2.48. The zero-order valence-electron chi connectivity index (χ0n) is 22.6. The van der Waals surface area contributed by atoms with Crippen LogP contribution in [0.4, 0.5) is 16.2 Å². The van der Waals surface area contributed by atoms with Crippen LogP contribution in [0.5, 0.6) is 5.75 Å². The molecule has 0 aromatic heterocycles. The van der Waals surface area contributed by atoms with Gasteiger partial charge in [0.1, 0.15) is 12.4 Å². The number of rotatable bonds is 5. The molecule has 4 amide bonds. The SMILES string of the molecule is CO[C@@H]1CN(C)C(=O)c2ccc(NC(=O)Nc3ccccc3)cc2OC[C@H](C)N(C(=O)CC2CC2)C[C@@H]1C. The highest BCUT2D eigenvalue weighted by molar-refractivity contribution is 6.01. The second-order valence-electron chi connectivity index (χ2n) is 10.4. The van der Waals surface area contributed by atoms with Gasteiger partial charge in [0.05, 0.1) is 17.7 Å². The van der Waals surface area contributed by atoms with E-state index in [1.54, 1.807) is 49.4 Å². The van der Waals surface area contributed by atoms with Gasteiger partial charge in [-0.2, -0.15) is 0 Å². The minimum absolute atomic E-state index is 0.0226. The maximum absolute atomic E-state index is 13.4. The lowest BCUT2D eigenvalue weighted by molar-refractivity contribution is -0.135. The third-order valence-electron chi connectivity index (χ3n) is 7.22. The fourth-order valence-corrected chi connectivity index (χ4v) is 4.70. The summed E-state index contributed by atoms with van der Waals surface area (Å²) >= 11 is 0. The number of para-hydroxylation sites is 1. The van der Waals surface area contributed by atoms with Crippen molar-refractivity contribution < 1.29 is 23.9 Å². The fourth-order valence-electron chi connectivity index (χ4n) is 4.70. The van der Waals surface area contributed by atoms with Gasteiger partial charge < -0.3 is 29.9 Å². The van der Waals surface area contributed by atoms with E-state index in [-0.39, 0.29) is 36.5 Å². The normalized spacial score (nSPS) is 22.4. The van der Waals surface area contributed by atoms with Crippen LogP contribution in [0.25, 0.3) is 0 Å². The number of hydrogen-bond donors (Lipinski definition) is 2. The van der Waals surface area contributed by atoms with E-state index in [0.29, 0.717) is 48.1 Å². The molecule has 0 radical (unpaired) electrons. The molecule has 0 bridgehead atoms. The van der Waals surface area contributed by atoms with E-state index in [4.69, 9.17) is 9.47 Å².